The van der Waals surface area contributed by atoms with E-state index in [4.69, 9.17) is 10.5 Å². The SMILES string of the molecule is CC1CN(S(=O)(=O)N2CCN(C(=O)C3CCC(N)C3)CC2)CC(C)O1.Cl. The van der Waals surface area contributed by atoms with Gasteiger partial charge in [0.25, 0.3) is 10.2 Å². The van der Waals surface area contributed by atoms with E-state index >= 15 is 0 Å². The Morgan fingerprint density at radius 1 is 1.00 bits per heavy atom. The van der Waals surface area contributed by atoms with E-state index in [0.29, 0.717) is 39.3 Å². The van der Waals surface area contributed by atoms with Crippen LogP contribution < -0.4 is 5.73 Å². The van der Waals surface area contributed by atoms with Crippen LogP contribution in [0.25, 0.3) is 0 Å². The van der Waals surface area contributed by atoms with Crippen LogP contribution in [0, 0.1) is 5.92 Å². The van der Waals surface area contributed by atoms with E-state index in [1.165, 1.54) is 8.61 Å². The molecular formula is C16H31ClN4O4S. The van der Waals surface area contributed by atoms with Crippen molar-refractivity contribution in [3.63, 3.8) is 0 Å². The minimum Gasteiger partial charge on any atom is -0.373 e. The molecule has 2 saturated heterocycles. The summed E-state index contributed by atoms with van der Waals surface area (Å²) in [5.74, 6) is 0.151. The molecule has 152 valence electrons. The summed E-state index contributed by atoms with van der Waals surface area (Å²) < 4.78 is 34.4. The molecule has 0 radical (unpaired) electrons. The second-order valence-corrected chi connectivity index (χ2v) is 9.50. The molecule has 0 aromatic heterocycles. The zero-order chi connectivity index (χ0) is 18.2. The van der Waals surface area contributed by atoms with E-state index in [9.17, 15) is 13.2 Å². The first-order valence-corrected chi connectivity index (χ1v) is 10.6. The minimum absolute atomic E-state index is 0. The maximum Gasteiger partial charge on any atom is 0.282 e. The zero-order valence-corrected chi connectivity index (χ0v) is 17.2. The van der Waals surface area contributed by atoms with Crippen LogP contribution >= 0.6 is 12.4 Å². The number of carbonyl (C=O) groups is 1. The molecule has 3 aliphatic rings. The molecule has 26 heavy (non-hydrogen) atoms. The molecule has 0 aromatic carbocycles. The number of halogens is 1. The van der Waals surface area contributed by atoms with E-state index in [-0.39, 0.29) is 42.5 Å². The second-order valence-electron chi connectivity index (χ2n) is 7.58. The van der Waals surface area contributed by atoms with E-state index < -0.39 is 10.2 Å². The van der Waals surface area contributed by atoms with Gasteiger partial charge in [-0.15, -0.1) is 12.4 Å². The van der Waals surface area contributed by atoms with Crippen molar-refractivity contribution in [2.24, 2.45) is 11.7 Å². The lowest BCUT2D eigenvalue weighted by Gasteiger charge is -2.40. The summed E-state index contributed by atoms with van der Waals surface area (Å²) in [6, 6.07) is 0.126. The summed E-state index contributed by atoms with van der Waals surface area (Å²) in [5.41, 5.74) is 5.90. The van der Waals surface area contributed by atoms with Crippen LogP contribution in [0.4, 0.5) is 0 Å². The van der Waals surface area contributed by atoms with Gasteiger partial charge in [-0.25, -0.2) is 0 Å². The van der Waals surface area contributed by atoms with Crippen molar-refractivity contribution in [3.05, 3.63) is 0 Å². The summed E-state index contributed by atoms with van der Waals surface area (Å²) in [6.45, 7) is 6.16. The van der Waals surface area contributed by atoms with Crippen LogP contribution in [-0.2, 0) is 19.7 Å². The van der Waals surface area contributed by atoms with E-state index in [0.717, 1.165) is 19.3 Å². The van der Waals surface area contributed by atoms with Gasteiger partial charge in [-0.2, -0.15) is 17.0 Å². The van der Waals surface area contributed by atoms with Crippen LogP contribution in [0.5, 0.6) is 0 Å². The molecule has 1 amide bonds. The molecule has 8 nitrogen and oxygen atoms in total. The maximum atomic E-state index is 12.9. The summed E-state index contributed by atoms with van der Waals surface area (Å²) in [4.78, 5) is 14.4. The summed E-state index contributed by atoms with van der Waals surface area (Å²) in [7, 11) is -3.50. The normalized spacial score (nSPS) is 34.5. The average Bonchev–Trinajstić information content (AvgIpc) is 3.00. The van der Waals surface area contributed by atoms with Gasteiger partial charge in [-0.05, 0) is 33.1 Å². The van der Waals surface area contributed by atoms with E-state index in [1.54, 1.807) is 4.90 Å². The fourth-order valence-corrected chi connectivity index (χ4v) is 5.87. The maximum absolute atomic E-state index is 12.9. The molecule has 2 heterocycles. The van der Waals surface area contributed by atoms with Gasteiger partial charge in [0.2, 0.25) is 5.91 Å². The first-order chi connectivity index (χ1) is 11.8. The van der Waals surface area contributed by atoms with Crippen LogP contribution in [0.15, 0.2) is 0 Å². The first kappa shape index (κ1) is 21.8. The van der Waals surface area contributed by atoms with Gasteiger partial charge in [0.15, 0.2) is 0 Å². The van der Waals surface area contributed by atoms with Crippen molar-refractivity contribution in [1.82, 2.24) is 13.5 Å². The van der Waals surface area contributed by atoms with E-state index in [2.05, 4.69) is 0 Å². The Bertz CT molecular complexity index is 587. The molecule has 2 N–H and O–H groups in total. The van der Waals surface area contributed by atoms with Gasteiger partial charge in [0.1, 0.15) is 0 Å². The molecular weight excluding hydrogens is 380 g/mol. The molecule has 0 bridgehead atoms. The molecule has 10 heteroatoms. The highest BCUT2D eigenvalue weighted by molar-refractivity contribution is 7.86. The highest BCUT2D eigenvalue weighted by Crippen LogP contribution is 2.27. The molecule has 4 unspecified atom stereocenters. The molecule has 2 aliphatic heterocycles. The fourth-order valence-electron chi connectivity index (χ4n) is 4.12. The first-order valence-electron chi connectivity index (χ1n) is 9.22. The van der Waals surface area contributed by atoms with Crippen molar-refractivity contribution in [3.8, 4) is 0 Å². The van der Waals surface area contributed by atoms with Crippen molar-refractivity contribution < 1.29 is 17.9 Å². The molecule has 0 aromatic rings. The van der Waals surface area contributed by atoms with Crippen LogP contribution in [0.3, 0.4) is 0 Å². The standard InChI is InChI=1S/C16H30N4O4S.ClH/c1-12-10-20(11-13(2)24-12)25(22,23)19-7-5-18(6-8-19)16(21)14-3-4-15(17)9-14;/h12-15H,3-11,17H2,1-2H3;1H. The van der Waals surface area contributed by atoms with E-state index in [1.807, 2.05) is 13.8 Å². The lowest BCUT2D eigenvalue weighted by Crippen LogP contribution is -2.58. The third kappa shape index (κ3) is 4.69. The van der Waals surface area contributed by atoms with Crippen LogP contribution in [0.1, 0.15) is 33.1 Å². The van der Waals surface area contributed by atoms with Gasteiger partial charge in [-0.3, -0.25) is 4.79 Å². The molecule has 4 atom stereocenters. The Hall–Kier alpha value is -0.450. The minimum atomic E-state index is -3.50. The number of rotatable bonds is 3. The predicted octanol–water partition coefficient (Wildman–Crippen LogP) is 0.0338. The number of piperazine rings is 1. The summed E-state index contributed by atoms with van der Waals surface area (Å²) in [6.07, 6.45) is 2.29. The number of hydrogen-bond acceptors (Lipinski definition) is 5. The number of carbonyl (C=O) groups excluding carboxylic acids is 1. The second kappa shape index (κ2) is 8.70. The number of ether oxygens (including phenoxy) is 1. The van der Waals surface area contributed by atoms with Gasteiger partial charge in [0.05, 0.1) is 12.2 Å². The number of morpholine rings is 1. The molecule has 1 aliphatic carbocycles. The fraction of sp³-hybridized carbons (Fsp3) is 0.938. The largest absolute Gasteiger partial charge is 0.373 e. The van der Waals surface area contributed by atoms with Crippen LogP contribution in [-0.4, -0.2) is 85.4 Å². The molecule has 3 rings (SSSR count). The van der Waals surface area contributed by atoms with Gasteiger partial charge < -0.3 is 15.4 Å². The van der Waals surface area contributed by atoms with Crippen molar-refractivity contribution in [1.29, 1.82) is 0 Å². The Kier molecular flexibility index (Phi) is 7.31. The summed E-state index contributed by atoms with van der Waals surface area (Å²) in [5, 5.41) is 0. The predicted molar refractivity (Wildman–Crippen MR) is 101 cm³/mol. The number of hydrogen-bond donors (Lipinski definition) is 1. The molecule has 1 saturated carbocycles. The van der Waals surface area contributed by atoms with Crippen molar-refractivity contribution in [2.45, 2.75) is 51.4 Å². The average molecular weight is 411 g/mol. The Morgan fingerprint density at radius 2 is 1.58 bits per heavy atom. The lowest BCUT2D eigenvalue weighted by atomic mass is 10.1. The third-order valence-electron chi connectivity index (χ3n) is 5.41. The Labute approximate surface area is 162 Å². The Balaban J connectivity index is 0.00000243. The van der Waals surface area contributed by atoms with Crippen molar-refractivity contribution >= 4 is 28.5 Å². The highest BCUT2D eigenvalue weighted by Gasteiger charge is 2.38. The third-order valence-corrected chi connectivity index (χ3v) is 7.38. The molecule has 0 spiro atoms. The smallest absolute Gasteiger partial charge is 0.282 e. The number of amides is 1. The Morgan fingerprint density at radius 3 is 2.08 bits per heavy atom. The lowest BCUT2D eigenvalue weighted by molar-refractivity contribution is -0.136. The quantitative estimate of drug-likeness (QED) is 0.708. The topological polar surface area (TPSA) is 96.2 Å². The van der Waals surface area contributed by atoms with Crippen LogP contribution in [0.2, 0.25) is 0 Å². The molecule has 3 fully saturated rings. The summed E-state index contributed by atoms with van der Waals surface area (Å²) >= 11 is 0. The van der Waals surface area contributed by atoms with Crippen molar-refractivity contribution in [2.75, 3.05) is 39.3 Å². The highest BCUT2D eigenvalue weighted by atomic mass is 35.5. The monoisotopic (exact) mass is 410 g/mol. The number of nitrogens with zero attached hydrogens (tertiary/aromatic N) is 3. The van der Waals surface area contributed by atoms with Gasteiger partial charge in [-0.1, -0.05) is 0 Å². The zero-order valence-electron chi connectivity index (χ0n) is 15.5. The van der Waals surface area contributed by atoms with Gasteiger partial charge >= 0.3 is 0 Å². The number of nitrogens with two attached hydrogens (primary N) is 1. The van der Waals surface area contributed by atoms with Gasteiger partial charge in [0, 0.05) is 51.2 Å².